The number of benzene rings is 1. The third kappa shape index (κ3) is 6.59. The second kappa shape index (κ2) is 8.60. The molecule has 0 aliphatic carbocycles. The molecule has 22 heavy (non-hydrogen) atoms. The molecule has 1 rings (SSSR count). The number of rotatable bonds is 8. The number of hydrogen-bond acceptors (Lipinski definition) is 4. The van der Waals surface area contributed by atoms with Gasteiger partial charge in [-0.25, -0.2) is 0 Å². The quantitative estimate of drug-likeness (QED) is 0.426. The molecule has 0 bridgehead atoms. The Balaban J connectivity index is 3.18. The number of hydrogen-bond donors (Lipinski definition) is 0. The minimum absolute atomic E-state index is 0.314. The molecule has 2 unspecified atom stereocenters. The Morgan fingerprint density at radius 2 is 1.18 bits per heavy atom. The lowest BCUT2D eigenvalue weighted by Crippen LogP contribution is -2.00. The summed E-state index contributed by atoms with van der Waals surface area (Å²) in [4.78, 5) is 0. The molecule has 0 aliphatic rings. The lowest BCUT2D eigenvalue weighted by atomic mass is 10.1. The Hall–Kier alpha value is 0.560. The minimum Gasteiger partial charge on any atom is -0.329 e. The van der Waals surface area contributed by atoms with Crippen molar-refractivity contribution in [2.75, 3.05) is 26.5 Å². The fourth-order valence-electron chi connectivity index (χ4n) is 2.18. The van der Waals surface area contributed by atoms with Gasteiger partial charge in [0.15, 0.2) is 0 Å². The third-order valence-electron chi connectivity index (χ3n) is 2.96. The zero-order valence-corrected chi connectivity index (χ0v) is 18.2. The SMILES string of the molecule is CCOP(C)(=O)Cc1cc(Br)c(Br)cc1CP(C)(=O)OCC. The Bertz CT molecular complexity index is 566. The zero-order chi connectivity index (χ0) is 17.0. The first kappa shape index (κ1) is 20.6. The first-order valence-electron chi connectivity index (χ1n) is 6.99. The first-order valence-corrected chi connectivity index (χ1v) is 13.1. The molecular weight excluding hydrogens is 454 g/mol. The summed E-state index contributed by atoms with van der Waals surface area (Å²) in [5.41, 5.74) is 1.74. The van der Waals surface area contributed by atoms with E-state index in [0.717, 1.165) is 20.1 Å². The van der Waals surface area contributed by atoms with Gasteiger partial charge in [-0.3, -0.25) is 9.13 Å². The fourth-order valence-corrected chi connectivity index (χ4v) is 6.06. The summed E-state index contributed by atoms with van der Waals surface area (Å²) in [5, 5.41) is 0. The van der Waals surface area contributed by atoms with Crippen LogP contribution < -0.4 is 0 Å². The molecule has 0 saturated heterocycles. The van der Waals surface area contributed by atoms with Crippen molar-refractivity contribution in [2.45, 2.75) is 26.2 Å². The smallest absolute Gasteiger partial charge is 0.204 e. The van der Waals surface area contributed by atoms with Crippen molar-refractivity contribution in [3.05, 3.63) is 32.2 Å². The van der Waals surface area contributed by atoms with E-state index in [1.54, 1.807) is 13.3 Å². The average Bonchev–Trinajstić information content (AvgIpc) is 2.34. The molecular formula is C14H22Br2O4P2. The van der Waals surface area contributed by atoms with Gasteiger partial charge in [-0.05, 0) is 69.0 Å². The van der Waals surface area contributed by atoms with Gasteiger partial charge < -0.3 is 9.05 Å². The van der Waals surface area contributed by atoms with E-state index in [2.05, 4.69) is 31.9 Å². The molecule has 0 amide bonds. The molecule has 0 aliphatic heterocycles. The van der Waals surface area contributed by atoms with Crippen LogP contribution in [0.2, 0.25) is 0 Å². The van der Waals surface area contributed by atoms with Gasteiger partial charge in [0, 0.05) is 34.6 Å². The molecule has 0 spiro atoms. The normalized spacial score (nSPS) is 17.0. The molecule has 0 radical (unpaired) electrons. The highest BCUT2D eigenvalue weighted by Crippen LogP contribution is 2.51. The standard InChI is InChI=1S/C14H22Br2O4P2/c1-5-19-21(3,17)9-11-7-13(15)14(16)8-12(11)10-22(4,18)20-6-2/h7-8H,5-6,9-10H2,1-4H3. The van der Waals surface area contributed by atoms with Gasteiger partial charge in [0.2, 0.25) is 14.7 Å². The maximum Gasteiger partial charge on any atom is 0.204 e. The van der Waals surface area contributed by atoms with Gasteiger partial charge in [-0.2, -0.15) is 0 Å². The maximum atomic E-state index is 12.5. The predicted octanol–water partition coefficient (Wildman–Crippen LogP) is 6.10. The summed E-state index contributed by atoms with van der Waals surface area (Å²) in [6.45, 7) is 7.72. The second-order valence-corrected chi connectivity index (χ2v) is 12.1. The summed E-state index contributed by atoms with van der Waals surface area (Å²) in [5.74, 6) is 0. The van der Waals surface area contributed by atoms with E-state index in [4.69, 9.17) is 9.05 Å². The highest BCUT2D eigenvalue weighted by atomic mass is 79.9. The third-order valence-corrected chi connectivity index (χ3v) is 8.25. The Morgan fingerprint density at radius 3 is 1.45 bits per heavy atom. The molecule has 126 valence electrons. The topological polar surface area (TPSA) is 52.6 Å². The minimum atomic E-state index is -2.72. The fraction of sp³-hybridized carbons (Fsp3) is 0.571. The monoisotopic (exact) mass is 474 g/mol. The molecule has 0 fully saturated rings. The van der Waals surface area contributed by atoms with Crippen molar-refractivity contribution < 1.29 is 18.2 Å². The largest absolute Gasteiger partial charge is 0.329 e. The van der Waals surface area contributed by atoms with Gasteiger partial charge in [-0.1, -0.05) is 0 Å². The van der Waals surface area contributed by atoms with Crippen molar-refractivity contribution in [1.82, 2.24) is 0 Å². The lowest BCUT2D eigenvalue weighted by molar-refractivity contribution is 0.334. The predicted molar refractivity (Wildman–Crippen MR) is 99.6 cm³/mol. The second-order valence-electron chi connectivity index (χ2n) is 5.22. The van der Waals surface area contributed by atoms with E-state index in [1.165, 1.54) is 0 Å². The Morgan fingerprint density at radius 1 is 0.864 bits per heavy atom. The van der Waals surface area contributed by atoms with Crippen LogP contribution in [0, 0.1) is 0 Å². The Kier molecular flexibility index (Phi) is 8.05. The van der Waals surface area contributed by atoms with Crippen LogP contribution in [0.5, 0.6) is 0 Å². The van der Waals surface area contributed by atoms with Crippen molar-refractivity contribution in [3.8, 4) is 0 Å². The van der Waals surface area contributed by atoms with E-state index in [0.29, 0.717) is 25.5 Å². The molecule has 0 aromatic heterocycles. The molecule has 2 atom stereocenters. The van der Waals surface area contributed by atoms with Crippen LogP contribution in [0.4, 0.5) is 0 Å². The van der Waals surface area contributed by atoms with Crippen LogP contribution in [0.3, 0.4) is 0 Å². The van der Waals surface area contributed by atoms with Crippen LogP contribution in [0.15, 0.2) is 21.1 Å². The van der Waals surface area contributed by atoms with E-state index in [1.807, 2.05) is 26.0 Å². The van der Waals surface area contributed by atoms with Gasteiger partial charge in [0.25, 0.3) is 0 Å². The van der Waals surface area contributed by atoms with Crippen LogP contribution >= 0.6 is 46.6 Å². The lowest BCUT2D eigenvalue weighted by Gasteiger charge is -2.19. The van der Waals surface area contributed by atoms with Gasteiger partial charge in [-0.15, -0.1) is 0 Å². The molecule has 4 nitrogen and oxygen atoms in total. The maximum absolute atomic E-state index is 12.5. The average molecular weight is 476 g/mol. The van der Waals surface area contributed by atoms with Crippen LogP contribution in [-0.4, -0.2) is 26.5 Å². The van der Waals surface area contributed by atoms with Gasteiger partial charge in [0.05, 0.1) is 13.2 Å². The zero-order valence-electron chi connectivity index (χ0n) is 13.3. The molecule has 0 saturated carbocycles. The van der Waals surface area contributed by atoms with Crippen LogP contribution in [0.1, 0.15) is 25.0 Å². The summed E-state index contributed by atoms with van der Waals surface area (Å²) in [6, 6.07) is 3.81. The Labute approximate surface area is 149 Å². The molecule has 1 aromatic carbocycles. The van der Waals surface area contributed by atoms with Gasteiger partial charge in [0.1, 0.15) is 0 Å². The van der Waals surface area contributed by atoms with Crippen molar-refractivity contribution in [1.29, 1.82) is 0 Å². The van der Waals surface area contributed by atoms with Crippen LogP contribution in [0.25, 0.3) is 0 Å². The molecule has 0 N–H and O–H groups in total. The van der Waals surface area contributed by atoms with Crippen molar-refractivity contribution in [3.63, 3.8) is 0 Å². The summed E-state index contributed by atoms with van der Waals surface area (Å²) < 4.78 is 37.4. The summed E-state index contributed by atoms with van der Waals surface area (Å²) in [6.07, 6.45) is 0.627. The van der Waals surface area contributed by atoms with Crippen molar-refractivity contribution in [2.24, 2.45) is 0 Å². The summed E-state index contributed by atoms with van der Waals surface area (Å²) >= 11 is 6.92. The van der Waals surface area contributed by atoms with E-state index in [9.17, 15) is 9.13 Å². The van der Waals surface area contributed by atoms with Crippen LogP contribution in [-0.2, 0) is 30.5 Å². The van der Waals surface area contributed by atoms with Crippen molar-refractivity contribution >= 4 is 46.6 Å². The van der Waals surface area contributed by atoms with E-state index < -0.39 is 14.7 Å². The first-order chi connectivity index (χ1) is 10.1. The van der Waals surface area contributed by atoms with Gasteiger partial charge >= 0.3 is 0 Å². The molecule has 1 aromatic rings. The molecule has 8 heteroatoms. The molecule has 0 heterocycles. The highest BCUT2D eigenvalue weighted by Gasteiger charge is 2.23. The van der Waals surface area contributed by atoms with E-state index >= 15 is 0 Å². The highest BCUT2D eigenvalue weighted by molar-refractivity contribution is 9.13. The summed E-state index contributed by atoms with van der Waals surface area (Å²) in [7, 11) is -5.45. The van der Waals surface area contributed by atoms with E-state index in [-0.39, 0.29) is 0 Å². The number of halogens is 2.